The van der Waals surface area contributed by atoms with Gasteiger partial charge in [0, 0.05) is 35.1 Å². The van der Waals surface area contributed by atoms with E-state index in [1.165, 1.54) is 6.08 Å². The van der Waals surface area contributed by atoms with E-state index in [2.05, 4.69) is 39.1 Å². The number of nitrogens with zero attached hydrogens (tertiary/aromatic N) is 3. The average molecular weight is 537 g/mol. The van der Waals surface area contributed by atoms with Crippen LogP contribution < -0.4 is 25.6 Å². The normalized spacial score (nSPS) is 19.2. The third-order valence-electron chi connectivity index (χ3n) is 7.09. The molecule has 1 saturated carbocycles. The molecule has 2 aliphatic rings. The van der Waals surface area contributed by atoms with Crippen molar-refractivity contribution < 1.29 is 14.3 Å². The molecule has 3 N–H and O–H groups in total. The Kier molecular flexibility index (Phi) is 7.63. The maximum Gasteiger partial charge on any atom is 0.249 e. The minimum absolute atomic E-state index is 0.0223. The molecule has 2 unspecified atom stereocenters. The summed E-state index contributed by atoms with van der Waals surface area (Å²) >= 11 is 0. The Balaban J connectivity index is 1.38. The molecule has 3 heterocycles. The number of nitrogens with one attached hydrogen (secondary N) is 3. The summed E-state index contributed by atoms with van der Waals surface area (Å²) < 4.78 is 5.89. The summed E-state index contributed by atoms with van der Waals surface area (Å²) in [4.78, 5) is 36.0. The highest BCUT2D eigenvalue weighted by molar-refractivity contribution is 6.03. The molecule has 5 rings (SSSR count). The van der Waals surface area contributed by atoms with Gasteiger partial charge < -0.3 is 20.7 Å². The lowest BCUT2D eigenvalue weighted by molar-refractivity contribution is -0.118. The first kappa shape index (κ1) is 26.7. The van der Waals surface area contributed by atoms with Crippen molar-refractivity contribution in [2.24, 2.45) is 0 Å². The number of fused-ring (bicyclic) bond motifs is 1. The van der Waals surface area contributed by atoms with Crippen LogP contribution in [0.15, 0.2) is 91.6 Å². The number of benzene rings is 1. The molecule has 0 spiro atoms. The second kappa shape index (κ2) is 11.4. The summed E-state index contributed by atoms with van der Waals surface area (Å²) in [5, 5.41) is 9.38. The first-order chi connectivity index (χ1) is 19.3. The molecular weight excluding hydrogens is 504 g/mol. The summed E-state index contributed by atoms with van der Waals surface area (Å²) in [5.41, 5.74) is 3.56. The van der Waals surface area contributed by atoms with E-state index in [0.717, 1.165) is 35.5 Å². The Morgan fingerprint density at radius 1 is 1.05 bits per heavy atom. The van der Waals surface area contributed by atoms with Crippen LogP contribution in [-0.4, -0.2) is 33.9 Å². The van der Waals surface area contributed by atoms with Crippen LogP contribution in [0.2, 0.25) is 0 Å². The fourth-order valence-corrected chi connectivity index (χ4v) is 5.10. The fourth-order valence-electron chi connectivity index (χ4n) is 5.10. The van der Waals surface area contributed by atoms with Crippen LogP contribution in [0.25, 0.3) is 5.70 Å². The van der Waals surface area contributed by atoms with E-state index in [1.54, 1.807) is 19.3 Å². The molecule has 1 aromatic carbocycles. The molecule has 2 amide bonds. The third kappa shape index (κ3) is 5.58. The van der Waals surface area contributed by atoms with Crippen LogP contribution in [0.3, 0.4) is 0 Å². The van der Waals surface area contributed by atoms with Crippen molar-refractivity contribution in [3.8, 4) is 11.5 Å². The lowest BCUT2D eigenvalue weighted by Gasteiger charge is -2.35. The van der Waals surface area contributed by atoms with Crippen molar-refractivity contribution in [2.75, 3.05) is 4.90 Å². The molecule has 3 aromatic rings. The van der Waals surface area contributed by atoms with Gasteiger partial charge in [-0.05, 0) is 69.5 Å². The van der Waals surface area contributed by atoms with Crippen LogP contribution in [0.4, 0.5) is 11.5 Å². The number of aryl methyl sites for hydroxylation is 1. The standard InChI is InChI=1S/C31H32N6O3/c1-5-28(38)35-22-11-12-23(17-22)36-31(39)19(2)30-29-20(3)32-16-15-26(29)37(21(4)34-30)27-14-13-25(18-33-27)40-24-9-7-6-8-10-24/h5-10,13-16,18,22-23,34H,1,4,11-12,17H2,2-3H3,(H,35,38)(H,36,39)/b30-19-. The highest BCUT2D eigenvalue weighted by Gasteiger charge is 2.31. The number of carbonyl (C=O) groups excluding carboxylic acids is 2. The van der Waals surface area contributed by atoms with Gasteiger partial charge in [-0.15, -0.1) is 0 Å². The SMILES string of the molecule is C=CC(=O)NC1CCC(NC(=O)/C(C)=C2\NC(=C)N(c3ccc(Oc4ccccc4)cn3)c3ccnc(C)c32)C1. The topological polar surface area (TPSA) is 108 Å². The van der Waals surface area contributed by atoms with Crippen LogP contribution in [0.5, 0.6) is 11.5 Å². The van der Waals surface area contributed by atoms with Gasteiger partial charge in [0.15, 0.2) is 0 Å². The summed E-state index contributed by atoms with van der Waals surface area (Å²) in [6.07, 6.45) is 6.93. The van der Waals surface area contributed by atoms with Gasteiger partial charge in [0.1, 0.15) is 23.1 Å². The third-order valence-corrected chi connectivity index (χ3v) is 7.09. The lowest BCUT2D eigenvalue weighted by Crippen LogP contribution is -2.39. The molecule has 204 valence electrons. The van der Waals surface area contributed by atoms with E-state index in [4.69, 9.17) is 4.74 Å². The average Bonchev–Trinajstić information content (AvgIpc) is 3.39. The summed E-state index contributed by atoms with van der Waals surface area (Å²) in [7, 11) is 0. The monoisotopic (exact) mass is 536 g/mol. The quantitative estimate of drug-likeness (QED) is 0.370. The number of amides is 2. The first-order valence-corrected chi connectivity index (χ1v) is 13.2. The number of hydrogen-bond acceptors (Lipinski definition) is 7. The van der Waals surface area contributed by atoms with Crippen molar-refractivity contribution in [3.05, 3.63) is 103 Å². The van der Waals surface area contributed by atoms with Gasteiger partial charge in [0.05, 0.1) is 17.6 Å². The fraction of sp³-hybridized carbons (Fsp3) is 0.226. The number of pyridine rings is 2. The van der Waals surface area contributed by atoms with E-state index >= 15 is 0 Å². The summed E-state index contributed by atoms with van der Waals surface area (Å²) in [6, 6.07) is 15.1. The van der Waals surface area contributed by atoms with Crippen molar-refractivity contribution in [1.29, 1.82) is 0 Å². The number of aromatic nitrogens is 2. The van der Waals surface area contributed by atoms with Gasteiger partial charge in [-0.25, -0.2) is 4.98 Å². The predicted molar refractivity (Wildman–Crippen MR) is 155 cm³/mol. The van der Waals surface area contributed by atoms with Crippen LogP contribution in [-0.2, 0) is 9.59 Å². The molecule has 9 nitrogen and oxygen atoms in total. The number of carbonyl (C=O) groups is 2. The molecule has 1 aliphatic heterocycles. The van der Waals surface area contributed by atoms with Gasteiger partial charge in [-0.3, -0.25) is 19.5 Å². The van der Waals surface area contributed by atoms with Crippen molar-refractivity contribution >= 4 is 29.0 Å². The van der Waals surface area contributed by atoms with E-state index in [1.807, 2.05) is 60.4 Å². The number of rotatable bonds is 7. The zero-order valence-electron chi connectivity index (χ0n) is 22.6. The van der Waals surface area contributed by atoms with Gasteiger partial charge in [0.2, 0.25) is 11.8 Å². The molecule has 0 bridgehead atoms. The van der Waals surface area contributed by atoms with Crippen LogP contribution in [0, 0.1) is 6.92 Å². The number of hydrogen-bond donors (Lipinski definition) is 3. The highest BCUT2D eigenvalue weighted by atomic mass is 16.5. The Labute approximate surface area is 233 Å². The minimum atomic E-state index is -0.197. The number of para-hydroxylation sites is 1. The summed E-state index contributed by atoms with van der Waals surface area (Å²) in [6.45, 7) is 11.4. The molecule has 0 radical (unpaired) electrons. The maximum absolute atomic E-state index is 13.3. The maximum atomic E-state index is 13.3. The van der Waals surface area contributed by atoms with Crippen LogP contribution >= 0.6 is 0 Å². The smallest absolute Gasteiger partial charge is 0.249 e. The van der Waals surface area contributed by atoms with Gasteiger partial charge in [-0.2, -0.15) is 0 Å². The molecule has 1 aliphatic carbocycles. The lowest BCUT2D eigenvalue weighted by atomic mass is 10.00. The second-order valence-corrected chi connectivity index (χ2v) is 9.86. The Morgan fingerprint density at radius 3 is 2.50 bits per heavy atom. The number of ether oxygens (including phenoxy) is 1. The predicted octanol–water partition coefficient (Wildman–Crippen LogP) is 4.86. The van der Waals surface area contributed by atoms with Crippen molar-refractivity contribution in [2.45, 2.75) is 45.2 Å². The minimum Gasteiger partial charge on any atom is -0.456 e. The largest absolute Gasteiger partial charge is 0.456 e. The van der Waals surface area contributed by atoms with Gasteiger partial charge in [0.25, 0.3) is 0 Å². The molecule has 9 heteroatoms. The van der Waals surface area contributed by atoms with Gasteiger partial charge >= 0.3 is 0 Å². The Morgan fingerprint density at radius 2 is 1.80 bits per heavy atom. The van der Waals surface area contributed by atoms with Crippen LogP contribution in [0.1, 0.15) is 37.4 Å². The van der Waals surface area contributed by atoms with E-state index in [9.17, 15) is 9.59 Å². The summed E-state index contributed by atoms with van der Waals surface area (Å²) in [5.74, 6) is 2.16. The molecule has 0 saturated heterocycles. The van der Waals surface area contributed by atoms with Gasteiger partial charge in [-0.1, -0.05) is 31.4 Å². The van der Waals surface area contributed by atoms with E-state index < -0.39 is 0 Å². The molecule has 2 atom stereocenters. The van der Waals surface area contributed by atoms with Crippen molar-refractivity contribution in [1.82, 2.24) is 25.9 Å². The zero-order chi connectivity index (χ0) is 28.2. The van der Waals surface area contributed by atoms with E-state index in [-0.39, 0.29) is 23.9 Å². The van der Waals surface area contributed by atoms with Crippen molar-refractivity contribution in [3.63, 3.8) is 0 Å². The highest BCUT2D eigenvalue weighted by Crippen LogP contribution is 2.40. The number of anilines is 2. The zero-order valence-corrected chi connectivity index (χ0v) is 22.6. The Hall–Kier alpha value is -4.92. The molecular formula is C31H32N6O3. The first-order valence-electron chi connectivity index (χ1n) is 13.2. The van der Waals surface area contributed by atoms with E-state index in [0.29, 0.717) is 35.1 Å². The molecule has 2 aromatic heterocycles. The molecule has 40 heavy (non-hydrogen) atoms. The molecule has 1 fully saturated rings. The Bertz CT molecular complexity index is 1480. The second-order valence-electron chi connectivity index (χ2n) is 9.86.